The van der Waals surface area contributed by atoms with Crippen LogP contribution >= 0.6 is 35.6 Å². The van der Waals surface area contributed by atoms with Gasteiger partial charge in [-0.2, -0.15) is 0 Å². The molecule has 0 radical (unpaired) electrons. The van der Waals surface area contributed by atoms with E-state index in [1.54, 1.807) is 25.1 Å². The number of nitrogens with one attached hydrogen (secondary N) is 2. The van der Waals surface area contributed by atoms with Gasteiger partial charge in [0.2, 0.25) is 0 Å². The van der Waals surface area contributed by atoms with E-state index in [1.165, 1.54) is 0 Å². The first-order valence-electron chi connectivity index (χ1n) is 7.94. The summed E-state index contributed by atoms with van der Waals surface area (Å²) in [6, 6.07) is 5.45. The van der Waals surface area contributed by atoms with Crippen LogP contribution in [0.4, 0.5) is 0 Å². The van der Waals surface area contributed by atoms with Gasteiger partial charge < -0.3 is 15.2 Å². The molecule has 2 aromatic rings. The monoisotopic (exact) mass is 403 g/mol. The van der Waals surface area contributed by atoms with Crippen LogP contribution in [0, 0.1) is 6.92 Å². The molecule has 1 aliphatic rings. The molecule has 1 aromatic heterocycles. The first kappa shape index (κ1) is 20.0. The molecule has 1 amide bonds. The molecule has 3 rings (SSSR count). The molecule has 5 nitrogen and oxygen atoms in total. The third-order valence-electron chi connectivity index (χ3n) is 4.37. The number of aromatic nitrogens is 1. The van der Waals surface area contributed by atoms with E-state index in [0.29, 0.717) is 32.6 Å². The van der Waals surface area contributed by atoms with Gasteiger partial charge in [0.05, 0.1) is 10.0 Å². The van der Waals surface area contributed by atoms with Crippen LogP contribution in [0.25, 0.3) is 11.3 Å². The molecule has 0 aliphatic carbocycles. The van der Waals surface area contributed by atoms with E-state index in [2.05, 4.69) is 22.7 Å². The minimum atomic E-state index is -0.222. The number of hydrogen-bond acceptors (Lipinski definition) is 4. The highest BCUT2D eigenvalue weighted by Gasteiger charge is 2.28. The largest absolute Gasteiger partial charge is 0.360 e. The maximum Gasteiger partial charge on any atom is 0.257 e. The summed E-state index contributed by atoms with van der Waals surface area (Å²) in [5.41, 5.74) is 1.26. The fourth-order valence-corrected chi connectivity index (χ4v) is 3.59. The quantitative estimate of drug-likeness (QED) is 0.802. The number of benzene rings is 1. The zero-order chi connectivity index (χ0) is 17.3. The molecule has 2 atom stereocenters. The van der Waals surface area contributed by atoms with Gasteiger partial charge in [-0.1, -0.05) is 34.4 Å². The number of carbonyl (C=O) groups is 1. The van der Waals surface area contributed by atoms with Crippen LogP contribution in [0.5, 0.6) is 0 Å². The Morgan fingerprint density at radius 3 is 2.68 bits per heavy atom. The van der Waals surface area contributed by atoms with Crippen LogP contribution in [-0.4, -0.2) is 29.7 Å². The zero-order valence-electron chi connectivity index (χ0n) is 13.9. The SMILES string of the molecule is Cc1onc(-c2c(Cl)cccc2Cl)c1C(=O)NC1CCCNC1C.Cl. The molecule has 1 saturated heterocycles. The van der Waals surface area contributed by atoms with E-state index in [1.807, 2.05) is 0 Å². The van der Waals surface area contributed by atoms with E-state index in [4.69, 9.17) is 27.7 Å². The molecule has 1 aliphatic heterocycles. The second-order valence-electron chi connectivity index (χ2n) is 6.02. The Morgan fingerprint density at radius 2 is 2.04 bits per heavy atom. The van der Waals surface area contributed by atoms with Crippen molar-refractivity contribution in [2.24, 2.45) is 0 Å². The number of rotatable bonds is 3. The lowest BCUT2D eigenvalue weighted by atomic mass is 9.98. The van der Waals surface area contributed by atoms with E-state index < -0.39 is 0 Å². The number of aryl methyl sites for hydroxylation is 1. The van der Waals surface area contributed by atoms with Crippen molar-refractivity contribution in [3.63, 3.8) is 0 Å². The van der Waals surface area contributed by atoms with Crippen molar-refractivity contribution in [1.82, 2.24) is 15.8 Å². The first-order chi connectivity index (χ1) is 11.5. The first-order valence-corrected chi connectivity index (χ1v) is 8.69. The van der Waals surface area contributed by atoms with E-state index >= 15 is 0 Å². The summed E-state index contributed by atoms with van der Waals surface area (Å²) < 4.78 is 5.25. The number of nitrogens with zero attached hydrogens (tertiary/aromatic N) is 1. The lowest BCUT2D eigenvalue weighted by Gasteiger charge is -2.30. The second-order valence-corrected chi connectivity index (χ2v) is 6.84. The summed E-state index contributed by atoms with van der Waals surface area (Å²) in [4.78, 5) is 12.8. The van der Waals surface area contributed by atoms with Crippen LogP contribution in [0.2, 0.25) is 10.0 Å². The average molecular weight is 405 g/mol. The Morgan fingerprint density at radius 1 is 1.36 bits per heavy atom. The highest BCUT2D eigenvalue weighted by atomic mass is 35.5. The fourth-order valence-electron chi connectivity index (χ4n) is 3.02. The van der Waals surface area contributed by atoms with Crippen molar-refractivity contribution < 1.29 is 9.32 Å². The van der Waals surface area contributed by atoms with E-state index in [0.717, 1.165) is 19.4 Å². The number of hydrogen-bond donors (Lipinski definition) is 2. The summed E-state index contributed by atoms with van der Waals surface area (Å²) in [5, 5.41) is 11.3. The van der Waals surface area contributed by atoms with Crippen molar-refractivity contribution in [2.75, 3.05) is 6.54 Å². The number of halogens is 3. The van der Waals surface area contributed by atoms with E-state index in [-0.39, 0.29) is 30.4 Å². The maximum atomic E-state index is 12.8. The van der Waals surface area contributed by atoms with Gasteiger partial charge in [-0.25, -0.2) is 0 Å². The Kier molecular flexibility index (Phi) is 6.74. The van der Waals surface area contributed by atoms with Gasteiger partial charge in [-0.05, 0) is 45.4 Å². The van der Waals surface area contributed by atoms with Gasteiger partial charge in [0.1, 0.15) is 17.0 Å². The van der Waals surface area contributed by atoms with Gasteiger partial charge in [0.25, 0.3) is 5.91 Å². The van der Waals surface area contributed by atoms with Crippen LogP contribution in [0.1, 0.15) is 35.9 Å². The van der Waals surface area contributed by atoms with Gasteiger partial charge in [0, 0.05) is 17.6 Å². The normalized spacial score (nSPS) is 20.0. The van der Waals surface area contributed by atoms with Crippen molar-refractivity contribution in [3.05, 3.63) is 39.6 Å². The predicted molar refractivity (Wildman–Crippen MR) is 102 cm³/mol. The third kappa shape index (κ3) is 4.11. The van der Waals surface area contributed by atoms with Crippen molar-refractivity contribution in [3.8, 4) is 11.3 Å². The minimum absolute atomic E-state index is 0. The average Bonchev–Trinajstić information content (AvgIpc) is 2.91. The summed E-state index contributed by atoms with van der Waals surface area (Å²) in [5.74, 6) is 0.218. The molecule has 136 valence electrons. The Bertz CT molecular complexity index is 743. The number of piperidine rings is 1. The summed E-state index contributed by atoms with van der Waals surface area (Å²) >= 11 is 12.5. The Labute approximate surface area is 162 Å². The molecule has 25 heavy (non-hydrogen) atoms. The van der Waals surface area contributed by atoms with Crippen LogP contribution in [0.3, 0.4) is 0 Å². The van der Waals surface area contributed by atoms with Crippen molar-refractivity contribution in [2.45, 2.75) is 38.8 Å². The molecule has 1 aromatic carbocycles. The number of amides is 1. The van der Waals surface area contributed by atoms with Crippen LogP contribution in [-0.2, 0) is 0 Å². The Balaban J connectivity index is 0.00000225. The highest BCUT2D eigenvalue weighted by Crippen LogP contribution is 2.36. The van der Waals surface area contributed by atoms with Crippen molar-refractivity contribution in [1.29, 1.82) is 0 Å². The van der Waals surface area contributed by atoms with Gasteiger partial charge in [-0.15, -0.1) is 12.4 Å². The second kappa shape index (κ2) is 8.41. The predicted octanol–water partition coefficient (Wildman–Crippen LogP) is 4.25. The van der Waals surface area contributed by atoms with Crippen LogP contribution < -0.4 is 10.6 Å². The zero-order valence-corrected chi connectivity index (χ0v) is 16.3. The molecule has 2 heterocycles. The molecule has 8 heteroatoms. The molecule has 0 spiro atoms. The van der Waals surface area contributed by atoms with Gasteiger partial charge >= 0.3 is 0 Å². The Hall–Kier alpha value is -1.27. The topological polar surface area (TPSA) is 67.2 Å². The molecule has 0 bridgehead atoms. The fraction of sp³-hybridized carbons (Fsp3) is 0.412. The minimum Gasteiger partial charge on any atom is -0.360 e. The maximum absolute atomic E-state index is 12.8. The lowest BCUT2D eigenvalue weighted by Crippen LogP contribution is -2.52. The molecule has 0 saturated carbocycles. The molecular formula is C17H20Cl3N3O2. The van der Waals surface area contributed by atoms with Crippen molar-refractivity contribution >= 4 is 41.5 Å². The van der Waals surface area contributed by atoms with Gasteiger partial charge in [-0.3, -0.25) is 4.79 Å². The molecule has 2 N–H and O–H groups in total. The summed E-state index contributed by atoms with van der Waals surface area (Å²) in [6.45, 7) is 4.75. The standard InChI is InChI=1S/C17H19Cl2N3O2.ClH/c1-9-13(7-4-8-20-9)21-17(23)14-10(2)24-22-16(14)15-11(18)5-3-6-12(15)19;/h3,5-6,9,13,20H,4,7-8H2,1-2H3,(H,21,23);1H. The molecule has 1 fully saturated rings. The smallest absolute Gasteiger partial charge is 0.257 e. The summed E-state index contributed by atoms with van der Waals surface area (Å²) in [7, 11) is 0. The van der Waals surface area contributed by atoms with Gasteiger partial charge in [0.15, 0.2) is 0 Å². The van der Waals surface area contributed by atoms with E-state index in [9.17, 15) is 4.79 Å². The lowest BCUT2D eigenvalue weighted by molar-refractivity contribution is 0.0919. The molecular weight excluding hydrogens is 385 g/mol. The highest BCUT2D eigenvalue weighted by molar-refractivity contribution is 6.39. The number of carbonyl (C=O) groups excluding carboxylic acids is 1. The van der Waals surface area contributed by atoms with Crippen LogP contribution in [0.15, 0.2) is 22.7 Å². The molecule has 2 unspecified atom stereocenters. The third-order valence-corrected chi connectivity index (χ3v) is 5.00. The summed E-state index contributed by atoms with van der Waals surface area (Å²) in [6.07, 6.45) is 1.97.